The Bertz CT molecular complexity index is 471. The standard InChI is InChI=1S/C11H12NS2.Rf/c1-6-7(2)10(14-9(6)4)11-8(3)12-5-13-11;/h1-4H3;/q-1;. The van der Waals surface area contributed by atoms with Crippen molar-refractivity contribution >= 4 is 22.7 Å². The van der Waals surface area contributed by atoms with Crippen LogP contribution >= 0.6 is 22.7 Å². The van der Waals surface area contributed by atoms with Gasteiger partial charge in [0.1, 0.15) is 0 Å². The average Bonchev–Trinajstić information content (AvgIpc) is 2.66. The van der Waals surface area contributed by atoms with Gasteiger partial charge in [-0.25, -0.2) is 0 Å². The summed E-state index contributed by atoms with van der Waals surface area (Å²) in [5.41, 5.74) is 6.86. The van der Waals surface area contributed by atoms with Crippen LogP contribution in [-0.4, -0.2) is 4.98 Å². The Kier molecular flexibility index (Phi) is 2.91. The van der Waals surface area contributed by atoms with Gasteiger partial charge in [0.25, 0.3) is 0 Å². The van der Waals surface area contributed by atoms with Gasteiger partial charge >= 0.3 is 0 Å². The molecule has 0 atom stereocenters. The summed E-state index contributed by atoms with van der Waals surface area (Å²) in [7, 11) is 0. The second-order valence-electron chi connectivity index (χ2n) is 3.46. The predicted octanol–water partition coefficient (Wildman–Crippen LogP) is 3.91. The first-order valence-electron chi connectivity index (χ1n) is 4.51. The van der Waals surface area contributed by atoms with Crippen LogP contribution in [0.3, 0.4) is 0 Å². The zero-order chi connectivity index (χ0) is 10.3. The van der Waals surface area contributed by atoms with Crippen LogP contribution in [0.2, 0.25) is 0 Å². The van der Waals surface area contributed by atoms with Crippen molar-refractivity contribution in [3.8, 4) is 9.75 Å². The maximum Gasteiger partial charge on any atom is 0.00412 e. The molecule has 0 fully saturated rings. The molecule has 2 rings (SSSR count). The van der Waals surface area contributed by atoms with E-state index >= 15 is 0 Å². The van der Waals surface area contributed by atoms with E-state index in [1.165, 1.54) is 25.8 Å². The molecule has 0 amide bonds. The molecule has 1 nitrogen and oxygen atoms in total. The van der Waals surface area contributed by atoms with Gasteiger partial charge in [0, 0.05) is 4.88 Å². The van der Waals surface area contributed by atoms with Crippen molar-refractivity contribution in [3.63, 3.8) is 0 Å². The Morgan fingerprint density at radius 1 is 1.00 bits per heavy atom. The van der Waals surface area contributed by atoms with Crippen LogP contribution in [0.4, 0.5) is 0 Å². The summed E-state index contributed by atoms with van der Waals surface area (Å²) in [6, 6.07) is 0. The molecule has 2 aromatic heterocycles. The third-order valence-electron chi connectivity index (χ3n) is 2.58. The molecule has 4 heteroatoms. The molecule has 76 valence electrons. The Morgan fingerprint density at radius 2 is 1.67 bits per heavy atom. The zero-order valence-electron chi connectivity index (χ0n) is 9.47. The van der Waals surface area contributed by atoms with Crippen LogP contribution in [0, 0.1) is 33.2 Å². The first-order valence-corrected chi connectivity index (χ1v) is 6.15. The number of aromatic nitrogens is 1. The third kappa shape index (κ3) is 1.64. The van der Waals surface area contributed by atoms with Gasteiger partial charge in [0.2, 0.25) is 0 Å². The normalized spacial score (nSPS) is 10.1. The van der Waals surface area contributed by atoms with Crippen LogP contribution in [0.15, 0.2) is 0 Å². The maximum atomic E-state index is 4.17. The first kappa shape index (κ1) is 11.4. The van der Waals surface area contributed by atoms with E-state index in [1.807, 2.05) is 18.3 Å². The summed E-state index contributed by atoms with van der Waals surface area (Å²) in [4.78, 5) is 8.23. The Labute approximate surface area is 92.4 Å². The largest absolute Gasteiger partial charge is 0.390 e. The van der Waals surface area contributed by atoms with Crippen molar-refractivity contribution in [1.82, 2.24) is 4.98 Å². The second kappa shape index (κ2) is 3.83. The van der Waals surface area contributed by atoms with Crippen molar-refractivity contribution in [3.05, 3.63) is 27.2 Å². The van der Waals surface area contributed by atoms with E-state index < -0.39 is 0 Å². The van der Waals surface area contributed by atoms with E-state index in [-0.39, 0.29) is 0 Å². The summed E-state index contributed by atoms with van der Waals surface area (Å²) < 4.78 is 0. The molecule has 0 saturated heterocycles. The van der Waals surface area contributed by atoms with Crippen molar-refractivity contribution in [1.29, 1.82) is 0 Å². The topological polar surface area (TPSA) is 12.9 Å². The molecule has 2 aromatic rings. The number of hydrogen-bond donors (Lipinski definition) is 0. The summed E-state index contributed by atoms with van der Waals surface area (Å²) in [6.45, 7) is 8.60. The quantitative estimate of drug-likeness (QED) is 0.554. The first-order chi connectivity index (χ1) is 6.61. The molecular formula is C11H12NRfS2-. The predicted molar refractivity (Wildman–Crippen MR) is 63.2 cm³/mol. The number of hydrogen-bond acceptors (Lipinski definition) is 3. The fourth-order valence-electron chi connectivity index (χ4n) is 1.43. The van der Waals surface area contributed by atoms with Gasteiger partial charge in [0.15, 0.2) is 0 Å². The number of aryl methyl sites for hydroxylation is 2. The van der Waals surface area contributed by atoms with E-state index in [0.717, 1.165) is 5.69 Å². The molecule has 0 aromatic carbocycles. The van der Waals surface area contributed by atoms with Crippen molar-refractivity contribution < 1.29 is 0 Å². The van der Waals surface area contributed by atoms with Gasteiger partial charge in [-0.1, -0.05) is 17.5 Å². The fourth-order valence-corrected chi connectivity index (χ4v) is 3.55. The molecule has 0 saturated carbocycles. The van der Waals surface area contributed by atoms with Crippen LogP contribution in [0.25, 0.3) is 9.75 Å². The second-order valence-corrected chi connectivity index (χ2v) is 5.48. The molecule has 0 spiro atoms. The van der Waals surface area contributed by atoms with Crippen molar-refractivity contribution in [2.75, 3.05) is 0 Å². The van der Waals surface area contributed by atoms with Crippen molar-refractivity contribution in [2.24, 2.45) is 0 Å². The molecule has 0 aliphatic rings. The minimum absolute atomic E-state index is 0. The number of rotatable bonds is 1. The van der Waals surface area contributed by atoms with Gasteiger partial charge in [-0.2, -0.15) is 11.3 Å². The minimum atomic E-state index is 0. The number of thiazole rings is 1. The van der Waals surface area contributed by atoms with Crippen LogP contribution < -0.4 is 0 Å². The molecule has 0 N–H and O–H groups in total. The zero-order valence-corrected chi connectivity index (χ0v) is 17.5. The smallest absolute Gasteiger partial charge is 0.00412 e. The summed E-state index contributed by atoms with van der Waals surface area (Å²) in [5.74, 6) is 0. The molecule has 15 heavy (non-hydrogen) atoms. The van der Waals surface area contributed by atoms with Gasteiger partial charge in [-0.15, -0.1) is 0 Å². The molecule has 0 aliphatic carbocycles. The van der Waals surface area contributed by atoms with Gasteiger partial charge in [-0.05, 0) is 42.3 Å². The summed E-state index contributed by atoms with van der Waals surface area (Å²) in [5, 5.41) is 0. The van der Waals surface area contributed by atoms with Crippen LogP contribution in [0.1, 0.15) is 21.7 Å². The van der Waals surface area contributed by atoms with E-state index in [2.05, 4.69) is 31.3 Å². The van der Waals surface area contributed by atoms with Crippen molar-refractivity contribution in [2.45, 2.75) is 27.7 Å². The SMILES string of the molecule is Cc1n[c-]sc1-c1sc(C)c(C)c1C.[Rf]. The number of thiophene rings is 1. The van der Waals surface area contributed by atoms with Crippen LogP contribution in [-0.2, 0) is 0 Å². The summed E-state index contributed by atoms with van der Waals surface area (Å²) >= 11 is 3.48. The number of nitrogens with zero attached hydrogens (tertiary/aromatic N) is 1. The molecule has 0 aliphatic heterocycles. The minimum Gasteiger partial charge on any atom is -0.390 e. The summed E-state index contributed by atoms with van der Waals surface area (Å²) in [6.07, 6.45) is 0. The monoisotopic (exact) mass is 489 g/mol. The fraction of sp³-hybridized carbons (Fsp3) is 0.364. The molecule has 0 unspecified atom stereocenters. The maximum absolute atomic E-state index is 4.17. The van der Waals surface area contributed by atoms with Gasteiger partial charge in [-0.3, -0.25) is 11.3 Å². The van der Waals surface area contributed by atoms with E-state index in [0.29, 0.717) is 0 Å². The third-order valence-corrected chi connectivity index (χ3v) is 4.92. The van der Waals surface area contributed by atoms with Gasteiger partial charge < -0.3 is 4.98 Å². The average molecular weight is 489 g/mol. The molecule has 0 bridgehead atoms. The van der Waals surface area contributed by atoms with Gasteiger partial charge in [0.05, 0.1) is 0 Å². The Morgan fingerprint density at radius 3 is 2.07 bits per heavy atom. The molecule has 0 radical (unpaired) electrons. The van der Waals surface area contributed by atoms with E-state index in [1.54, 1.807) is 11.3 Å². The molecule has 2 heterocycles. The van der Waals surface area contributed by atoms with E-state index in [4.69, 9.17) is 0 Å². The van der Waals surface area contributed by atoms with E-state index in [9.17, 15) is 0 Å². The van der Waals surface area contributed by atoms with Crippen LogP contribution in [0.5, 0.6) is 0 Å². The molecular weight excluding hydrogens is 477 g/mol. The Balaban J connectivity index is 0.00000112. The Hall–Kier alpha value is -1.67.